The SMILES string of the molecule is CC(C)(/C=C/S(=O)(=O)N1CCN(c2ccc(F)cc2)CC1)CC#Cc1ccccc1. The fourth-order valence-corrected chi connectivity index (χ4v) is 4.55. The van der Waals surface area contributed by atoms with Gasteiger partial charge in [-0.25, -0.2) is 12.8 Å². The number of piperazine rings is 1. The van der Waals surface area contributed by atoms with Gasteiger partial charge in [0.1, 0.15) is 5.82 Å². The van der Waals surface area contributed by atoms with Crippen molar-refractivity contribution in [3.05, 3.63) is 77.5 Å². The Hall–Kier alpha value is -2.62. The first-order chi connectivity index (χ1) is 14.3. The van der Waals surface area contributed by atoms with E-state index in [1.807, 2.05) is 44.2 Å². The van der Waals surface area contributed by atoms with Crippen molar-refractivity contribution in [3.8, 4) is 11.8 Å². The summed E-state index contributed by atoms with van der Waals surface area (Å²) in [4.78, 5) is 2.07. The summed E-state index contributed by atoms with van der Waals surface area (Å²) >= 11 is 0. The lowest BCUT2D eigenvalue weighted by Crippen LogP contribution is -2.48. The Balaban J connectivity index is 1.57. The van der Waals surface area contributed by atoms with Crippen molar-refractivity contribution in [1.82, 2.24) is 4.31 Å². The van der Waals surface area contributed by atoms with Crippen molar-refractivity contribution in [2.45, 2.75) is 20.3 Å². The zero-order valence-electron chi connectivity index (χ0n) is 17.4. The number of hydrogen-bond acceptors (Lipinski definition) is 3. The van der Waals surface area contributed by atoms with E-state index in [4.69, 9.17) is 0 Å². The number of halogens is 1. The molecule has 1 heterocycles. The highest BCUT2D eigenvalue weighted by Gasteiger charge is 2.26. The second kappa shape index (κ2) is 9.46. The van der Waals surface area contributed by atoms with Crippen molar-refractivity contribution in [3.63, 3.8) is 0 Å². The second-order valence-corrected chi connectivity index (χ2v) is 9.86. The van der Waals surface area contributed by atoms with Crippen LogP contribution in [-0.2, 0) is 10.0 Å². The van der Waals surface area contributed by atoms with Gasteiger partial charge in [0.25, 0.3) is 0 Å². The van der Waals surface area contributed by atoms with Gasteiger partial charge in [0.2, 0.25) is 10.0 Å². The fourth-order valence-electron chi connectivity index (χ4n) is 3.16. The summed E-state index contributed by atoms with van der Waals surface area (Å²) in [6, 6.07) is 16.0. The molecule has 2 aromatic carbocycles. The molecule has 0 saturated carbocycles. The van der Waals surface area contributed by atoms with Gasteiger partial charge < -0.3 is 4.90 Å². The van der Waals surface area contributed by atoms with Crippen LogP contribution in [0.15, 0.2) is 66.1 Å². The largest absolute Gasteiger partial charge is 0.369 e. The molecule has 0 bridgehead atoms. The summed E-state index contributed by atoms with van der Waals surface area (Å²) in [5.41, 5.74) is 1.50. The summed E-state index contributed by atoms with van der Waals surface area (Å²) in [7, 11) is -3.49. The first-order valence-electron chi connectivity index (χ1n) is 9.99. The van der Waals surface area contributed by atoms with E-state index in [-0.39, 0.29) is 11.2 Å². The summed E-state index contributed by atoms with van der Waals surface area (Å²) in [5.74, 6) is 5.98. The Bertz CT molecular complexity index is 1030. The summed E-state index contributed by atoms with van der Waals surface area (Å²) in [6.45, 7) is 5.90. The minimum absolute atomic E-state index is 0.277. The second-order valence-electron chi connectivity index (χ2n) is 8.04. The molecule has 0 unspecified atom stereocenters. The topological polar surface area (TPSA) is 40.6 Å². The molecule has 2 aromatic rings. The normalized spacial score (nSPS) is 15.8. The molecule has 1 fully saturated rings. The van der Waals surface area contributed by atoms with Gasteiger partial charge in [-0.1, -0.05) is 50.0 Å². The van der Waals surface area contributed by atoms with Crippen molar-refractivity contribution in [2.24, 2.45) is 5.41 Å². The van der Waals surface area contributed by atoms with Gasteiger partial charge in [-0.3, -0.25) is 0 Å². The standard InChI is InChI=1S/C24H27FN2O2S/c1-24(2,14-6-9-21-7-4-3-5-8-21)15-20-30(28,29)27-18-16-26(17-19-27)23-12-10-22(25)11-13-23/h3-5,7-8,10-13,15,20H,14,16-19H2,1-2H3/b20-15+. The number of benzene rings is 2. The Kier molecular flexibility index (Phi) is 6.96. The highest BCUT2D eigenvalue weighted by Crippen LogP contribution is 2.24. The summed E-state index contributed by atoms with van der Waals surface area (Å²) < 4.78 is 40.1. The van der Waals surface area contributed by atoms with Crippen LogP contribution in [0.25, 0.3) is 0 Å². The lowest BCUT2D eigenvalue weighted by atomic mass is 9.90. The zero-order valence-corrected chi connectivity index (χ0v) is 18.2. The predicted octanol–water partition coefficient (Wildman–Crippen LogP) is 4.26. The number of nitrogens with zero attached hydrogens (tertiary/aromatic N) is 2. The van der Waals surface area contributed by atoms with Crippen LogP contribution in [0.1, 0.15) is 25.8 Å². The molecule has 3 rings (SSSR count). The Morgan fingerprint density at radius 3 is 2.27 bits per heavy atom. The van der Waals surface area contributed by atoms with Gasteiger partial charge in [-0.15, -0.1) is 0 Å². The average Bonchev–Trinajstić information content (AvgIpc) is 2.74. The third-order valence-corrected chi connectivity index (χ3v) is 6.60. The smallest absolute Gasteiger partial charge is 0.236 e. The van der Waals surface area contributed by atoms with Crippen molar-refractivity contribution in [2.75, 3.05) is 31.1 Å². The van der Waals surface area contributed by atoms with Crippen molar-refractivity contribution in [1.29, 1.82) is 0 Å². The lowest BCUT2D eigenvalue weighted by molar-refractivity contribution is 0.389. The van der Waals surface area contributed by atoms with Crippen LogP contribution in [0.4, 0.5) is 10.1 Å². The number of allylic oxidation sites excluding steroid dienone is 1. The van der Waals surface area contributed by atoms with Crippen LogP contribution in [0.3, 0.4) is 0 Å². The van der Waals surface area contributed by atoms with Crippen LogP contribution in [0.2, 0.25) is 0 Å². The molecule has 0 atom stereocenters. The molecule has 1 aliphatic rings. The molecular formula is C24H27FN2O2S. The quantitative estimate of drug-likeness (QED) is 0.671. The molecular weight excluding hydrogens is 399 g/mol. The molecule has 0 aromatic heterocycles. The highest BCUT2D eigenvalue weighted by atomic mass is 32.2. The predicted molar refractivity (Wildman–Crippen MR) is 120 cm³/mol. The first kappa shape index (κ1) is 22.1. The Labute approximate surface area is 179 Å². The zero-order chi connectivity index (χ0) is 21.6. The van der Waals surface area contributed by atoms with Gasteiger partial charge in [0.15, 0.2) is 0 Å². The van der Waals surface area contributed by atoms with Crippen LogP contribution in [-0.4, -0.2) is 38.9 Å². The van der Waals surface area contributed by atoms with Crippen LogP contribution in [0, 0.1) is 23.1 Å². The van der Waals surface area contributed by atoms with E-state index in [0.717, 1.165) is 11.3 Å². The first-order valence-corrected chi connectivity index (χ1v) is 11.5. The van der Waals surface area contributed by atoms with Gasteiger partial charge in [0, 0.05) is 49.3 Å². The molecule has 0 radical (unpaired) electrons. The monoisotopic (exact) mass is 426 g/mol. The molecule has 0 N–H and O–H groups in total. The minimum atomic E-state index is -3.49. The molecule has 0 spiro atoms. The van der Waals surface area contributed by atoms with E-state index in [1.54, 1.807) is 18.2 Å². The third-order valence-electron chi connectivity index (χ3n) is 5.03. The van der Waals surface area contributed by atoms with Gasteiger partial charge in [0.05, 0.1) is 0 Å². The lowest BCUT2D eigenvalue weighted by Gasteiger charge is -2.35. The van der Waals surface area contributed by atoms with Crippen LogP contribution < -0.4 is 4.90 Å². The number of sulfonamides is 1. The maximum atomic E-state index is 13.1. The molecule has 0 amide bonds. The number of rotatable bonds is 5. The summed E-state index contributed by atoms with van der Waals surface area (Å²) in [6.07, 6.45) is 2.29. The van der Waals surface area contributed by atoms with E-state index in [9.17, 15) is 12.8 Å². The summed E-state index contributed by atoms with van der Waals surface area (Å²) in [5, 5.41) is 1.31. The molecule has 30 heavy (non-hydrogen) atoms. The maximum Gasteiger partial charge on any atom is 0.236 e. The van der Waals surface area contributed by atoms with Gasteiger partial charge >= 0.3 is 0 Å². The fraction of sp³-hybridized carbons (Fsp3) is 0.333. The number of hydrogen-bond donors (Lipinski definition) is 0. The van der Waals surface area contributed by atoms with Crippen LogP contribution >= 0.6 is 0 Å². The van der Waals surface area contributed by atoms with E-state index < -0.39 is 10.0 Å². The van der Waals surface area contributed by atoms with Crippen molar-refractivity contribution >= 4 is 15.7 Å². The Morgan fingerprint density at radius 2 is 1.63 bits per heavy atom. The minimum Gasteiger partial charge on any atom is -0.369 e. The average molecular weight is 427 g/mol. The van der Waals surface area contributed by atoms with Gasteiger partial charge in [-0.05, 0) is 41.8 Å². The molecule has 4 nitrogen and oxygen atoms in total. The third kappa shape index (κ3) is 6.19. The van der Waals surface area contributed by atoms with E-state index in [1.165, 1.54) is 21.8 Å². The van der Waals surface area contributed by atoms with E-state index in [2.05, 4.69) is 16.7 Å². The maximum absolute atomic E-state index is 13.1. The Morgan fingerprint density at radius 1 is 1.00 bits per heavy atom. The van der Waals surface area contributed by atoms with E-state index in [0.29, 0.717) is 32.6 Å². The molecule has 1 aliphatic heterocycles. The van der Waals surface area contributed by atoms with Gasteiger partial charge in [-0.2, -0.15) is 4.31 Å². The number of anilines is 1. The molecule has 158 valence electrons. The molecule has 0 aliphatic carbocycles. The molecule has 1 saturated heterocycles. The van der Waals surface area contributed by atoms with E-state index >= 15 is 0 Å². The highest BCUT2D eigenvalue weighted by molar-refractivity contribution is 7.92. The van der Waals surface area contributed by atoms with Crippen molar-refractivity contribution < 1.29 is 12.8 Å². The van der Waals surface area contributed by atoms with Crippen LogP contribution in [0.5, 0.6) is 0 Å². The molecule has 6 heteroatoms.